The number of para-hydroxylation sites is 1. The Morgan fingerprint density at radius 1 is 1.24 bits per heavy atom. The van der Waals surface area contributed by atoms with Crippen LogP contribution in [-0.2, 0) is 4.74 Å². The molecule has 0 aliphatic heterocycles. The zero-order valence-electron chi connectivity index (χ0n) is 12.5. The van der Waals surface area contributed by atoms with Crippen molar-refractivity contribution in [1.82, 2.24) is 5.32 Å². The van der Waals surface area contributed by atoms with Crippen LogP contribution in [0.4, 0.5) is 0 Å². The quantitative estimate of drug-likeness (QED) is 0.830. The molecular formula is C16H23NO4. The van der Waals surface area contributed by atoms with Gasteiger partial charge in [-0.3, -0.25) is 4.79 Å². The van der Waals surface area contributed by atoms with Gasteiger partial charge in [0, 0.05) is 7.11 Å². The number of hydrogen-bond acceptors (Lipinski definition) is 4. The van der Waals surface area contributed by atoms with E-state index < -0.39 is 6.10 Å². The molecule has 5 heteroatoms. The highest BCUT2D eigenvalue weighted by Gasteiger charge is 2.31. The largest absolute Gasteiger partial charge is 0.496 e. The van der Waals surface area contributed by atoms with Gasteiger partial charge in [0.25, 0.3) is 5.91 Å². The van der Waals surface area contributed by atoms with E-state index in [9.17, 15) is 9.90 Å². The zero-order chi connectivity index (χ0) is 15.2. The lowest BCUT2D eigenvalue weighted by Crippen LogP contribution is -2.48. The molecule has 1 aromatic rings. The number of carbonyl (C=O) groups excluding carboxylic acids is 1. The van der Waals surface area contributed by atoms with Crippen LogP contribution in [-0.4, -0.2) is 43.5 Å². The number of rotatable bonds is 4. The zero-order valence-corrected chi connectivity index (χ0v) is 12.5. The summed E-state index contributed by atoms with van der Waals surface area (Å²) in [6.45, 7) is 0. The van der Waals surface area contributed by atoms with Gasteiger partial charge in [0.1, 0.15) is 11.9 Å². The lowest BCUT2D eigenvalue weighted by Gasteiger charge is -2.27. The number of carbonyl (C=O) groups is 1. The Morgan fingerprint density at radius 2 is 1.95 bits per heavy atom. The fourth-order valence-electron chi connectivity index (χ4n) is 2.80. The molecule has 1 fully saturated rings. The summed E-state index contributed by atoms with van der Waals surface area (Å²) in [5.41, 5.74) is 0.477. The van der Waals surface area contributed by atoms with Crippen LogP contribution in [0, 0.1) is 0 Å². The van der Waals surface area contributed by atoms with E-state index in [1.807, 2.05) is 6.07 Å². The molecule has 0 saturated heterocycles. The van der Waals surface area contributed by atoms with Crippen molar-refractivity contribution in [3.05, 3.63) is 29.8 Å². The van der Waals surface area contributed by atoms with E-state index in [1.165, 1.54) is 7.11 Å². The predicted octanol–water partition coefficient (Wildman–Crippen LogP) is 1.74. The lowest BCUT2D eigenvalue weighted by molar-refractivity contribution is -0.0277. The maximum atomic E-state index is 12.4. The number of methoxy groups -OCH3 is 2. The van der Waals surface area contributed by atoms with Crippen molar-refractivity contribution in [1.29, 1.82) is 0 Å². The van der Waals surface area contributed by atoms with Gasteiger partial charge in [-0.15, -0.1) is 0 Å². The van der Waals surface area contributed by atoms with Crippen molar-refractivity contribution in [2.45, 2.75) is 43.9 Å². The number of ether oxygens (including phenoxy) is 2. The van der Waals surface area contributed by atoms with Crippen LogP contribution in [0.1, 0.15) is 36.0 Å². The molecule has 1 aliphatic carbocycles. The van der Waals surface area contributed by atoms with Crippen molar-refractivity contribution < 1.29 is 19.4 Å². The highest BCUT2D eigenvalue weighted by atomic mass is 16.5. The molecule has 1 amide bonds. The molecule has 0 radical (unpaired) electrons. The summed E-state index contributed by atoms with van der Waals surface area (Å²) < 4.78 is 10.5. The normalized spacial score (nSPS) is 26.0. The van der Waals surface area contributed by atoms with Gasteiger partial charge in [-0.25, -0.2) is 0 Å². The van der Waals surface area contributed by atoms with Crippen LogP contribution in [0.25, 0.3) is 0 Å². The number of benzene rings is 1. The van der Waals surface area contributed by atoms with Crippen LogP contribution >= 0.6 is 0 Å². The van der Waals surface area contributed by atoms with Gasteiger partial charge in [-0.1, -0.05) is 25.0 Å². The van der Waals surface area contributed by atoms with Crippen molar-refractivity contribution in [3.63, 3.8) is 0 Å². The third kappa shape index (κ3) is 3.74. The predicted molar refractivity (Wildman–Crippen MR) is 79.5 cm³/mol. The van der Waals surface area contributed by atoms with Gasteiger partial charge < -0.3 is 19.9 Å². The van der Waals surface area contributed by atoms with E-state index in [4.69, 9.17) is 9.47 Å². The highest BCUT2D eigenvalue weighted by Crippen LogP contribution is 2.22. The molecule has 2 N–H and O–H groups in total. The molecule has 0 heterocycles. The second-order valence-corrected chi connectivity index (χ2v) is 5.33. The molecule has 2 rings (SSSR count). The van der Waals surface area contributed by atoms with Crippen molar-refractivity contribution in [3.8, 4) is 5.75 Å². The third-order valence-corrected chi connectivity index (χ3v) is 4.02. The van der Waals surface area contributed by atoms with Crippen LogP contribution in [0.3, 0.4) is 0 Å². The molecule has 1 aliphatic rings. The summed E-state index contributed by atoms with van der Waals surface area (Å²) >= 11 is 0. The van der Waals surface area contributed by atoms with E-state index in [0.717, 1.165) is 25.7 Å². The standard InChI is InChI=1S/C16H23NO4/c1-20-13-9-5-3-7-11(13)16(19)17-12-8-4-6-10-14(21-2)15(12)18/h3,5,7,9,12,14-15,18H,4,6,8,10H2,1-2H3,(H,17,19)/t12-,14-,15-/m1/s1. The summed E-state index contributed by atoms with van der Waals surface area (Å²) in [6.07, 6.45) is 2.62. The minimum Gasteiger partial charge on any atom is -0.496 e. The summed E-state index contributed by atoms with van der Waals surface area (Å²) in [7, 11) is 3.13. The Bertz CT molecular complexity index is 477. The van der Waals surface area contributed by atoms with Crippen molar-refractivity contribution >= 4 is 5.91 Å². The van der Waals surface area contributed by atoms with Crippen LogP contribution in [0.15, 0.2) is 24.3 Å². The van der Waals surface area contributed by atoms with E-state index >= 15 is 0 Å². The first-order valence-corrected chi connectivity index (χ1v) is 7.32. The fourth-order valence-corrected chi connectivity index (χ4v) is 2.80. The first-order chi connectivity index (χ1) is 10.2. The monoisotopic (exact) mass is 293 g/mol. The van der Waals surface area contributed by atoms with Gasteiger partial charge in [0.15, 0.2) is 0 Å². The van der Waals surface area contributed by atoms with Gasteiger partial charge in [-0.05, 0) is 25.0 Å². The minimum atomic E-state index is -0.684. The average molecular weight is 293 g/mol. The fraction of sp³-hybridized carbons (Fsp3) is 0.562. The third-order valence-electron chi connectivity index (χ3n) is 4.02. The Labute approximate surface area is 125 Å². The summed E-state index contributed by atoms with van der Waals surface area (Å²) in [5.74, 6) is 0.301. The van der Waals surface area contributed by atoms with Crippen LogP contribution < -0.4 is 10.1 Å². The first-order valence-electron chi connectivity index (χ1n) is 7.32. The molecule has 1 aromatic carbocycles. The first kappa shape index (κ1) is 15.8. The number of amides is 1. The van der Waals surface area contributed by atoms with Gasteiger partial charge in [-0.2, -0.15) is 0 Å². The molecular weight excluding hydrogens is 270 g/mol. The smallest absolute Gasteiger partial charge is 0.255 e. The van der Waals surface area contributed by atoms with E-state index in [-0.39, 0.29) is 18.1 Å². The van der Waals surface area contributed by atoms with E-state index in [2.05, 4.69) is 5.32 Å². The van der Waals surface area contributed by atoms with E-state index in [0.29, 0.717) is 11.3 Å². The molecule has 0 aromatic heterocycles. The number of nitrogens with one attached hydrogen (secondary N) is 1. The van der Waals surface area contributed by atoms with Crippen molar-refractivity contribution in [2.75, 3.05) is 14.2 Å². The lowest BCUT2D eigenvalue weighted by atomic mass is 10.0. The summed E-state index contributed by atoms with van der Waals surface area (Å²) in [5, 5.41) is 13.3. The van der Waals surface area contributed by atoms with Crippen LogP contribution in [0.2, 0.25) is 0 Å². The van der Waals surface area contributed by atoms with Gasteiger partial charge >= 0.3 is 0 Å². The maximum absolute atomic E-state index is 12.4. The van der Waals surface area contributed by atoms with E-state index in [1.54, 1.807) is 25.3 Å². The SMILES string of the molecule is COc1ccccc1C(=O)N[C@@H]1CCCC[C@@H](OC)[C@@H]1O. The second-order valence-electron chi connectivity index (χ2n) is 5.33. The molecule has 3 atom stereocenters. The van der Waals surface area contributed by atoms with Crippen molar-refractivity contribution in [2.24, 2.45) is 0 Å². The topological polar surface area (TPSA) is 67.8 Å². The Hall–Kier alpha value is -1.59. The van der Waals surface area contributed by atoms with Gasteiger partial charge in [0.2, 0.25) is 0 Å². The maximum Gasteiger partial charge on any atom is 0.255 e. The number of aliphatic hydroxyl groups excluding tert-OH is 1. The second kappa shape index (κ2) is 7.43. The summed E-state index contributed by atoms with van der Waals surface area (Å²) in [4.78, 5) is 12.4. The highest BCUT2D eigenvalue weighted by molar-refractivity contribution is 5.97. The average Bonchev–Trinajstić information content (AvgIpc) is 2.69. The molecule has 0 unspecified atom stereocenters. The Morgan fingerprint density at radius 3 is 2.67 bits per heavy atom. The number of hydrogen-bond donors (Lipinski definition) is 2. The van der Waals surface area contributed by atoms with Crippen LogP contribution in [0.5, 0.6) is 5.75 Å². The Kier molecular flexibility index (Phi) is 5.59. The molecule has 1 saturated carbocycles. The molecule has 116 valence electrons. The summed E-state index contributed by atoms with van der Waals surface area (Å²) in [6, 6.07) is 6.77. The minimum absolute atomic E-state index is 0.226. The molecule has 5 nitrogen and oxygen atoms in total. The molecule has 0 spiro atoms. The number of aliphatic hydroxyl groups is 1. The molecule has 21 heavy (non-hydrogen) atoms. The molecule has 0 bridgehead atoms. The van der Waals surface area contributed by atoms with Gasteiger partial charge in [0.05, 0.1) is 24.8 Å². The Balaban J connectivity index is 2.10.